The van der Waals surface area contributed by atoms with Crippen LogP contribution in [0.3, 0.4) is 0 Å². The molecule has 0 unspecified atom stereocenters. The second-order valence-electron chi connectivity index (χ2n) is 5.33. The second-order valence-corrected chi connectivity index (χ2v) is 6.18. The average Bonchev–Trinajstić information content (AvgIpc) is 2.32. The summed E-state index contributed by atoms with van der Waals surface area (Å²) in [5, 5.41) is 3.45. The van der Waals surface area contributed by atoms with Gasteiger partial charge in [0.25, 0.3) is 0 Å². The Morgan fingerprint density at radius 1 is 1.42 bits per heavy atom. The number of benzene rings is 1. The lowest BCUT2D eigenvalue weighted by molar-refractivity contribution is 0.368. The molecule has 0 aliphatic heterocycles. The minimum Gasteiger partial charge on any atom is -0.312 e. The summed E-state index contributed by atoms with van der Waals surface area (Å²) in [5.41, 5.74) is 2.57. The van der Waals surface area contributed by atoms with Crippen LogP contribution in [0.5, 0.6) is 0 Å². The maximum Gasteiger partial charge on any atom is 0.0599 e. The van der Waals surface area contributed by atoms with Gasteiger partial charge < -0.3 is 5.32 Å². The molecule has 0 saturated carbocycles. The number of halogens is 1. The number of rotatable bonds is 7. The molecule has 19 heavy (non-hydrogen) atoms. The monoisotopic (exact) mass is 322 g/mol. The largest absolute Gasteiger partial charge is 0.312 e. The van der Waals surface area contributed by atoms with Gasteiger partial charge in [-0.3, -0.25) is 4.90 Å². The van der Waals surface area contributed by atoms with Crippen molar-refractivity contribution in [3.05, 3.63) is 33.8 Å². The molecule has 0 spiro atoms. The van der Waals surface area contributed by atoms with Gasteiger partial charge in [0.05, 0.1) is 6.54 Å². The quantitative estimate of drug-likeness (QED) is 0.775. The van der Waals surface area contributed by atoms with Gasteiger partial charge in [0.1, 0.15) is 0 Å². The first-order chi connectivity index (χ1) is 9.02. The second kappa shape index (κ2) is 8.37. The van der Waals surface area contributed by atoms with E-state index >= 15 is 0 Å². The molecule has 0 aliphatic rings. The maximum absolute atomic E-state index is 5.31. The zero-order valence-electron chi connectivity index (χ0n) is 12.0. The van der Waals surface area contributed by atoms with Gasteiger partial charge in [-0.25, -0.2) is 0 Å². The van der Waals surface area contributed by atoms with Gasteiger partial charge in [-0.15, -0.1) is 6.42 Å². The van der Waals surface area contributed by atoms with Crippen molar-refractivity contribution in [2.24, 2.45) is 5.92 Å². The Hall–Kier alpha value is -0.820. The number of hydrogen-bond donors (Lipinski definition) is 1. The lowest BCUT2D eigenvalue weighted by Gasteiger charge is -2.15. The Bertz CT molecular complexity index is 435. The van der Waals surface area contributed by atoms with Gasteiger partial charge in [-0.2, -0.15) is 0 Å². The molecular weight excluding hydrogens is 300 g/mol. The third-order valence-electron chi connectivity index (χ3n) is 2.80. The minimum absolute atomic E-state index is 0.671. The summed E-state index contributed by atoms with van der Waals surface area (Å²) in [4.78, 5) is 2.12. The highest BCUT2D eigenvalue weighted by Gasteiger charge is 2.04. The van der Waals surface area contributed by atoms with E-state index in [1.165, 1.54) is 11.1 Å². The van der Waals surface area contributed by atoms with Crippen LogP contribution in [0.4, 0.5) is 0 Å². The third-order valence-corrected chi connectivity index (χ3v) is 3.54. The van der Waals surface area contributed by atoms with E-state index < -0.39 is 0 Å². The van der Waals surface area contributed by atoms with Gasteiger partial charge in [0, 0.05) is 17.6 Å². The molecule has 0 atom stereocenters. The van der Waals surface area contributed by atoms with E-state index in [2.05, 4.69) is 64.1 Å². The van der Waals surface area contributed by atoms with Crippen LogP contribution in [0.25, 0.3) is 0 Å². The zero-order chi connectivity index (χ0) is 14.3. The summed E-state index contributed by atoms with van der Waals surface area (Å²) in [5.74, 6) is 3.34. The highest BCUT2D eigenvalue weighted by molar-refractivity contribution is 9.10. The molecule has 3 heteroatoms. The van der Waals surface area contributed by atoms with Crippen molar-refractivity contribution >= 4 is 15.9 Å². The standard InChI is InChI=1S/C16H23BrN2/c1-5-8-19(4)12-15-7-6-14(9-16(15)17)11-18-10-13(2)3/h1,6-7,9,13,18H,8,10-12H2,2-4H3. The minimum atomic E-state index is 0.671. The van der Waals surface area contributed by atoms with E-state index in [0.717, 1.165) is 24.1 Å². The number of nitrogens with zero attached hydrogens (tertiary/aromatic N) is 1. The first kappa shape index (κ1) is 16.2. The van der Waals surface area contributed by atoms with Gasteiger partial charge in [0.15, 0.2) is 0 Å². The molecule has 0 saturated heterocycles. The van der Waals surface area contributed by atoms with E-state index in [-0.39, 0.29) is 0 Å². The van der Waals surface area contributed by atoms with E-state index in [1.807, 2.05) is 7.05 Å². The van der Waals surface area contributed by atoms with Crippen LogP contribution in [0.1, 0.15) is 25.0 Å². The topological polar surface area (TPSA) is 15.3 Å². The number of nitrogens with one attached hydrogen (secondary N) is 1. The molecule has 104 valence electrons. The normalized spacial score (nSPS) is 11.0. The fraction of sp³-hybridized carbons (Fsp3) is 0.500. The van der Waals surface area contributed by atoms with E-state index in [4.69, 9.17) is 6.42 Å². The number of hydrogen-bond acceptors (Lipinski definition) is 2. The van der Waals surface area contributed by atoms with Crippen molar-refractivity contribution in [1.82, 2.24) is 10.2 Å². The molecule has 0 bridgehead atoms. The molecule has 0 radical (unpaired) electrons. The Kier molecular flexibility index (Phi) is 7.15. The van der Waals surface area contributed by atoms with Gasteiger partial charge in [-0.05, 0) is 36.7 Å². The van der Waals surface area contributed by atoms with Crippen LogP contribution < -0.4 is 5.32 Å². The Balaban J connectivity index is 2.57. The van der Waals surface area contributed by atoms with Gasteiger partial charge >= 0.3 is 0 Å². The van der Waals surface area contributed by atoms with Crippen LogP contribution in [0, 0.1) is 18.3 Å². The van der Waals surface area contributed by atoms with Crippen LogP contribution in [-0.4, -0.2) is 25.0 Å². The molecule has 0 amide bonds. The molecule has 0 aromatic heterocycles. The molecule has 2 nitrogen and oxygen atoms in total. The van der Waals surface area contributed by atoms with Crippen molar-refractivity contribution in [2.75, 3.05) is 20.1 Å². The molecular formula is C16H23BrN2. The lowest BCUT2D eigenvalue weighted by atomic mass is 10.1. The van der Waals surface area contributed by atoms with Crippen LogP contribution in [-0.2, 0) is 13.1 Å². The molecule has 1 rings (SSSR count). The highest BCUT2D eigenvalue weighted by Crippen LogP contribution is 2.20. The van der Waals surface area contributed by atoms with Crippen molar-refractivity contribution in [2.45, 2.75) is 26.9 Å². The van der Waals surface area contributed by atoms with Crippen LogP contribution in [0.2, 0.25) is 0 Å². The average molecular weight is 323 g/mol. The summed E-state index contributed by atoms with van der Waals surface area (Å²) < 4.78 is 1.15. The first-order valence-corrected chi connectivity index (χ1v) is 7.42. The van der Waals surface area contributed by atoms with Crippen LogP contribution >= 0.6 is 15.9 Å². The summed E-state index contributed by atoms with van der Waals surface area (Å²) >= 11 is 3.64. The molecule has 1 N–H and O–H groups in total. The molecule has 0 aliphatic carbocycles. The summed E-state index contributed by atoms with van der Waals surface area (Å²) in [6.07, 6.45) is 5.31. The summed E-state index contributed by atoms with van der Waals surface area (Å²) in [6.45, 7) is 7.93. The summed E-state index contributed by atoms with van der Waals surface area (Å²) in [7, 11) is 2.03. The third kappa shape index (κ3) is 6.24. The Morgan fingerprint density at radius 3 is 2.74 bits per heavy atom. The predicted octanol–water partition coefficient (Wildman–Crippen LogP) is 3.26. The fourth-order valence-corrected chi connectivity index (χ4v) is 2.39. The molecule has 1 aromatic rings. The van der Waals surface area contributed by atoms with Gasteiger partial charge in [0.2, 0.25) is 0 Å². The van der Waals surface area contributed by atoms with E-state index in [1.54, 1.807) is 0 Å². The Labute approximate surface area is 125 Å². The fourth-order valence-electron chi connectivity index (χ4n) is 1.84. The van der Waals surface area contributed by atoms with E-state index in [0.29, 0.717) is 12.5 Å². The Morgan fingerprint density at radius 2 is 2.16 bits per heavy atom. The predicted molar refractivity (Wildman–Crippen MR) is 85.9 cm³/mol. The van der Waals surface area contributed by atoms with Crippen molar-refractivity contribution in [1.29, 1.82) is 0 Å². The highest BCUT2D eigenvalue weighted by atomic mass is 79.9. The SMILES string of the molecule is C#CCN(C)Cc1ccc(CNCC(C)C)cc1Br. The van der Waals surface area contributed by atoms with Crippen LogP contribution in [0.15, 0.2) is 22.7 Å². The zero-order valence-corrected chi connectivity index (χ0v) is 13.6. The molecule has 1 aromatic carbocycles. The number of terminal acetylenes is 1. The van der Waals surface area contributed by atoms with Crippen molar-refractivity contribution in [3.8, 4) is 12.3 Å². The maximum atomic E-state index is 5.31. The van der Waals surface area contributed by atoms with Crippen molar-refractivity contribution < 1.29 is 0 Å². The van der Waals surface area contributed by atoms with E-state index in [9.17, 15) is 0 Å². The summed E-state index contributed by atoms with van der Waals surface area (Å²) in [6, 6.07) is 6.53. The molecule has 0 heterocycles. The first-order valence-electron chi connectivity index (χ1n) is 6.63. The molecule has 0 fully saturated rings. The lowest BCUT2D eigenvalue weighted by Crippen LogP contribution is -2.19. The van der Waals surface area contributed by atoms with Gasteiger partial charge in [-0.1, -0.05) is 47.8 Å². The van der Waals surface area contributed by atoms with Crippen molar-refractivity contribution in [3.63, 3.8) is 0 Å². The smallest absolute Gasteiger partial charge is 0.0599 e.